The molecule has 0 spiro atoms. The lowest BCUT2D eigenvalue weighted by Gasteiger charge is -2.30. The number of primary amides is 1. The van der Waals surface area contributed by atoms with Crippen LogP contribution in [0.4, 0.5) is 0 Å². The molecule has 1 fully saturated rings. The zero-order valence-electron chi connectivity index (χ0n) is 20.9. The monoisotopic (exact) mass is 523 g/mol. The fourth-order valence-electron chi connectivity index (χ4n) is 4.46. The van der Waals surface area contributed by atoms with Crippen LogP contribution in [0.5, 0.6) is 0 Å². The van der Waals surface area contributed by atoms with Crippen LogP contribution in [0, 0.1) is 0 Å². The highest BCUT2D eigenvalue weighted by Crippen LogP contribution is 2.20. The number of nitrogens with two attached hydrogens (primary N) is 2. The number of aliphatic carboxylic acids is 1. The number of carbonyl (C=O) groups is 5. The average molecular weight is 524 g/mol. The molecule has 1 heterocycles. The quantitative estimate of drug-likeness (QED) is 0.253. The van der Waals surface area contributed by atoms with E-state index in [4.69, 9.17) is 11.5 Å². The molecule has 202 valence electrons. The lowest BCUT2D eigenvalue weighted by molar-refractivity contribution is -0.144. The second kappa shape index (κ2) is 13.3. The first-order valence-electron chi connectivity index (χ1n) is 12.4. The second-order valence-electron chi connectivity index (χ2n) is 9.31. The van der Waals surface area contributed by atoms with Crippen molar-refractivity contribution in [1.29, 1.82) is 0 Å². The van der Waals surface area contributed by atoms with Crippen molar-refractivity contribution in [3.8, 4) is 0 Å². The van der Waals surface area contributed by atoms with Gasteiger partial charge in [-0.1, -0.05) is 60.7 Å². The Kier molecular flexibility index (Phi) is 9.94. The van der Waals surface area contributed by atoms with Crippen molar-refractivity contribution in [1.82, 2.24) is 15.5 Å². The molecule has 7 N–H and O–H groups in total. The Morgan fingerprint density at radius 1 is 0.895 bits per heavy atom. The summed E-state index contributed by atoms with van der Waals surface area (Å²) in [6.45, 7) is 0.266. The smallest absolute Gasteiger partial charge is 0.326 e. The highest BCUT2D eigenvalue weighted by Gasteiger charge is 2.39. The maximum atomic E-state index is 13.6. The van der Waals surface area contributed by atoms with Gasteiger partial charge in [0.2, 0.25) is 23.6 Å². The standard InChI is InChI=1S/C27H33N5O6/c28-19(16-23(29)33)24(34)30-20(14-17-8-3-1-4-9-17)26(36)32-13-7-12-22(32)25(35)31-21(27(37)38)15-18-10-5-2-6-11-18/h1-6,8-11,19-22H,7,12-16,28H2,(H2,29,33)(H,30,34)(H,31,35)(H,37,38). The lowest BCUT2D eigenvalue weighted by Crippen LogP contribution is -2.57. The molecule has 11 nitrogen and oxygen atoms in total. The van der Waals surface area contributed by atoms with Crippen molar-refractivity contribution in [3.63, 3.8) is 0 Å². The number of likely N-dealkylation sites (tertiary alicyclic amines) is 1. The summed E-state index contributed by atoms with van der Waals surface area (Å²) in [4.78, 5) is 63.9. The van der Waals surface area contributed by atoms with E-state index in [0.717, 1.165) is 11.1 Å². The molecule has 0 saturated carbocycles. The van der Waals surface area contributed by atoms with Crippen LogP contribution in [-0.4, -0.2) is 70.3 Å². The molecule has 11 heteroatoms. The minimum Gasteiger partial charge on any atom is -0.480 e. The van der Waals surface area contributed by atoms with E-state index < -0.39 is 53.8 Å². The van der Waals surface area contributed by atoms with Crippen molar-refractivity contribution >= 4 is 29.6 Å². The van der Waals surface area contributed by atoms with E-state index in [0.29, 0.717) is 12.8 Å². The van der Waals surface area contributed by atoms with E-state index in [9.17, 15) is 29.1 Å². The first-order chi connectivity index (χ1) is 18.2. The average Bonchev–Trinajstić information content (AvgIpc) is 3.38. The Hall–Kier alpha value is -4.25. The van der Waals surface area contributed by atoms with Gasteiger partial charge in [-0.05, 0) is 24.0 Å². The zero-order chi connectivity index (χ0) is 27.7. The van der Waals surface area contributed by atoms with E-state index in [1.165, 1.54) is 4.90 Å². The van der Waals surface area contributed by atoms with Crippen molar-refractivity contribution in [2.24, 2.45) is 11.5 Å². The normalized spacial score (nSPS) is 17.2. The first kappa shape index (κ1) is 28.3. The van der Waals surface area contributed by atoms with E-state index in [2.05, 4.69) is 10.6 Å². The molecule has 1 saturated heterocycles. The number of benzene rings is 2. The number of carboxylic acids is 1. The van der Waals surface area contributed by atoms with Crippen molar-refractivity contribution in [3.05, 3.63) is 71.8 Å². The third-order valence-electron chi connectivity index (χ3n) is 6.39. The van der Waals surface area contributed by atoms with Crippen LogP contribution >= 0.6 is 0 Å². The Labute approximate surface area is 220 Å². The largest absolute Gasteiger partial charge is 0.480 e. The van der Waals surface area contributed by atoms with Crippen LogP contribution < -0.4 is 22.1 Å². The van der Waals surface area contributed by atoms with Crippen LogP contribution in [-0.2, 0) is 36.8 Å². The molecule has 0 aromatic heterocycles. The summed E-state index contributed by atoms with van der Waals surface area (Å²) in [5, 5.41) is 14.9. The molecule has 4 amide bonds. The van der Waals surface area contributed by atoms with Crippen LogP contribution in [0.1, 0.15) is 30.4 Å². The van der Waals surface area contributed by atoms with Crippen LogP contribution in [0.2, 0.25) is 0 Å². The number of amides is 4. The number of hydrogen-bond donors (Lipinski definition) is 5. The SMILES string of the molecule is NC(=O)CC(N)C(=O)NC(Cc1ccccc1)C(=O)N1CCCC1C(=O)NC(Cc1ccccc1)C(=O)O. The van der Waals surface area contributed by atoms with Crippen molar-refractivity contribution in [2.75, 3.05) is 6.54 Å². The highest BCUT2D eigenvalue weighted by molar-refractivity contribution is 5.95. The Morgan fingerprint density at radius 3 is 1.97 bits per heavy atom. The molecule has 4 unspecified atom stereocenters. The van der Waals surface area contributed by atoms with E-state index >= 15 is 0 Å². The van der Waals surface area contributed by atoms with Gasteiger partial charge < -0.3 is 32.1 Å². The summed E-state index contributed by atoms with van der Waals surface area (Å²) in [6, 6.07) is 13.6. The van der Waals surface area contributed by atoms with Gasteiger partial charge in [0.05, 0.1) is 12.5 Å². The Balaban J connectivity index is 1.75. The van der Waals surface area contributed by atoms with Crippen molar-refractivity contribution in [2.45, 2.75) is 56.3 Å². The van der Waals surface area contributed by atoms with Crippen LogP contribution in [0.15, 0.2) is 60.7 Å². The van der Waals surface area contributed by atoms with Gasteiger partial charge >= 0.3 is 5.97 Å². The first-order valence-corrected chi connectivity index (χ1v) is 12.4. The van der Waals surface area contributed by atoms with Gasteiger partial charge in [-0.25, -0.2) is 4.79 Å². The number of hydrogen-bond acceptors (Lipinski definition) is 6. The third kappa shape index (κ3) is 7.87. The third-order valence-corrected chi connectivity index (χ3v) is 6.39. The minimum absolute atomic E-state index is 0.0903. The molecule has 0 bridgehead atoms. The molecule has 3 rings (SSSR count). The van der Waals surface area contributed by atoms with Gasteiger partial charge in [0, 0.05) is 19.4 Å². The van der Waals surface area contributed by atoms with E-state index in [1.807, 2.05) is 12.1 Å². The highest BCUT2D eigenvalue weighted by atomic mass is 16.4. The molecule has 0 radical (unpaired) electrons. The second-order valence-corrected chi connectivity index (χ2v) is 9.31. The van der Waals surface area contributed by atoms with E-state index in [1.54, 1.807) is 48.5 Å². The van der Waals surface area contributed by atoms with Gasteiger partial charge in [0.15, 0.2) is 0 Å². The summed E-state index contributed by atoms with van der Waals surface area (Å²) >= 11 is 0. The summed E-state index contributed by atoms with van der Waals surface area (Å²) < 4.78 is 0. The fraction of sp³-hybridized carbons (Fsp3) is 0.370. The van der Waals surface area contributed by atoms with Crippen LogP contribution in [0.25, 0.3) is 0 Å². The predicted octanol–water partition coefficient (Wildman–Crippen LogP) is -0.280. The van der Waals surface area contributed by atoms with Gasteiger partial charge in [0.25, 0.3) is 0 Å². The summed E-state index contributed by atoms with van der Waals surface area (Å²) in [5.74, 6) is -3.73. The summed E-state index contributed by atoms with van der Waals surface area (Å²) in [5.41, 5.74) is 12.4. The minimum atomic E-state index is -1.23. The van der Waals surface area contributed by atoms with Gasteiger partial charge in [-0.15, -0.1) is 0 Å². The van der Waals surface area contributed by atoms with Gasteiger partial charge in [-0.3, -0.25) is 19.2 Å². The van der Waals surface area contributed by atoms with E-state index in [-0.39, 0.29) is 25.8 Å². The maximum Gasteiger partial charge on any atom is 0.326 e. The number of nitrogens with one attached hydrogen (secondary N) is 2. The molecule has 0 aliphatic carbocycles. The maximum absolute atomic E-state index is 13.6. The fourth-order valence-corrected chi connectivity index (χ4v) is 4.46. The molecule has 1 aliphatic rings. The predicted molar refractivity (Wildman–Crippen MR) is 138 cm³/mol. The Bertz CT molecular complexity index is 1140. The Morgan fingerprint density at radius 2 is 1.45 bits per heavy atom. The molecular formula is C27H33N5O6. The summed E-state index contributed by atoms with van der Waals surface area (Å²) in [7, 11) is 0. The molecule has 2 aromatic carbocycles. The number of carboxylic acid groups (broad SMARTS) is 1. The topological polar surface area (TPSA) is 185 Å². The molecular weight excluding hydrogens is 490 g/mol. The van der Waals surface area contributed by atoms with Crippen molar-refractivity contribution < 1.29 is 29.1 Å². The van der Waals surface area contributed by atoms with Crippen LogP contribution in [0.3, 0.4) is 0 Å². The molecule has 4 atom stereocenters. The lowest BCUT2D eigenvalue weighted by atomic mass is 10.0. The number of rotatable bonds is 12. The number of carbonyl (C=O) groups excluding carboxylic acids is 4. The van der Waals surface area contributed by atoms with Gasteiger partial charge in [0.1, 0.15) is 18.1 Å². The molecule has 1 aliphatic heterocycles. The zero-order valence-corrected chi connectivity index (χ0v) is 20.9. The molecule has 2 aromatic rings. The molecule has 38 heavy (non-hydrogen) atoms. The summed E-state index contributed by atoms with van der Waals surface area (Å²) in [6.07, 6.45) is 0.721. The van der Waals surface area contributed by atoms with Gasteiger partial charge in [-0.2, -0.15) is 0 Å². The number of nitrogens with zero attached hydrogens (tertiary/aromatic N) is 1.